The maximum absolute atomic E-state index is 9.81. The monoisotopic (exact) mass is 258 g/mol. The maximum Gasteiger partial charge on any atom is 0.0787 e. The lowest BCUT2D eigenvalue weighted by molar-refractivity contribution is 0.173. The summed E-state index contributed by atoms with van der Waals surface area (Å²) in [6, 6.07) is 8.00. The van der Waals surface area contributed by atoms with Crippen molar-refractivity contribution < 1.29 is 5.11 Å². The molecule has 102 valence electrons. The van der Waals surface area contributed by atoms with Gasteiger partial charge in [0.15, 0.2) is 0 Å². The van der Waals surface area contributed by atoms with Crippen molar-refractivity contribution in [1.82, 2.24) is 9.78 Å². The van der Waals surface area contributed by atoms with Crippen molar-refractivity contribution in [3.05, 3.63) is 46.8 Å². The molecule has 0 saturated heterocycles. The van der Waals surface area contributed by atoms with Crippen molar-refractivity contribution >= 4 is 0 Å². The van der Waals surface area contributed by atoms with E-state index >= 15 is 0 Å². The summed E-state index contributed by atoms with van der Waals surface area (Å²) in [4.78, 5) is 0. The fourth-order valence-corrected chi connectivity index (χ4v) is 2.51. The predicted octanol–water partition coefficient (Wildman–Crippen LogP) is 3.49. The van der Waals surface area contributed by atoms with Crippen molar-refractivity contribution in [1.29, 1.82) is 0 Å². The Labute approximate surface area is 114 Å². The molecule has 0 aliphatic rings. The highest BCUT2D eigenvalue weighted by Gasteiger charge is 2.11. The Morgan fingerprint density at radius 3 is 2.26 bits per heavy atom. The van der Waals surface area contributed by atoms with E-state index in [1.54, 1.807) is 0 Å². The Kier molecular flexibility index (Phi) is 4.05. The second kappa shape index (κ2) is 5.57. The topological polar surface area (TPSA) is 38.0 Å². The number of benzene rings is 1. The van der Waals surface area contributed by atoms with Crippen molar-refractivity contribution in [2.75, 3.05) is 0 Å². The molecule has 1 heterocycles. The minimum absolute atomic E-state index is 0.374. The van der Waals surface area contributed by atoms with Gasteiger partial charge in [0.05, 0.1) is 17.5 Å². The zero-order valence-corrected chi connectivity index (χ0v) is 12.1. The first-order valence-corrected chi connectivity index (χ1v) is 6.92. The van der Waals surface area contributed by atoms with Crippen molar-refractivity contribution in [2.24, 2.45) is 0 Å². The SMILES string of the molecule is CCc1c(C)nn(-c2ccc(C(O)CC)cc2)c1C. The summed E-state index contributed by atoms with van der Waals surface area (Å²) < 4.78 is 1.98. The lowest BCUT2D eigenvalue weighted by Gasteiger charge is -2.10. The highest BCUT2D eigenvalue weighted by atomic mass is 16.3. The number of aliphatic hydroxyl groups excluding tert-OH is 1. The average Bonchev–Trinajstić information content (AvgIpc) is 2.72. The van der Waals surface area contributed by atoms with E-state index in [-0.39, 0.29) is 6.10 Å². The molecule has 0 saturated carbocycles. The van der Waals surface area contributed by atoms with Crippen molar-refractivity contribution in [3.63, 3.8) is 0 Å². The van der Waals surface area contributed by atoms with Gasteiger partial charge in [0, 0.05) is 5.69 Å². The summed E-state index contributed by atoms with van der Waals surface area (Å²) in [6.07, 6.45) is 1.37. The number of nitrogens with zero attached hydrogens (tertiary/aromatic N) is 2. The van der Waals surface area contributed by atoms with Crippen LogP contribution in [-0.2, 0) is 6.42 Å². The third-order valence-corrected chi connectivity index (χ3v) is 3.70. The van der Waals surface area contributed by atoms with Gasteiger partial charge in [-0.3, -0.25) is 0 Å². The molecular weight excluding hydrogens is 236 g/mol. The van der Waals surface area contributed by atoms with Gasteiger partial charge in [-0.1, -0.05) is 26.0 Å². The van der Waals surface area contributed by atoms with E-state index in [0.29, 0.717) is 0 Å². The van der Waals surface area contributed by atoms with Crippen LogP contribution in [0, 0.1) is 13.8 Å². The molecule has 2 aromatic rings. The molecule has 0 bridgehead atoms. The molecule has 0 aliphatic heterocycles. The van der Waals surface area contributed by atoms with Gasteiger partial charge in [-0.25, -0.2) is 4.68 Å². The molecule has 3 heteroatoms. The molecule has 0 spiro atoms. The summed E-state index contributed by atoms with van der Waals surface area (Å²) >= 11 is 0. The molecule has 0 fully saturated rings. The van der Waals surface area contributed by atoms with Crippen LogP contribution in [0.2, 0.25) is 0 Å². The summed E-state index contributed by atoms with van der Waals surface area (Å²) in [5, 5.41) is 14.4. The number of aromatic nitrogens is 2. The molecule has 0 radical (unpaired) electrons. The largest absolute Gasteiger partial charge is 0.388 e. The van der Waals surface area contributed by atoms with Crippen molar-refractivity contribution in [2.45, 2.75) is 46.6 Å². The van der Waals surface area contributed by atoms with Crippen LogP contribution < -0.4 is 0 Å². The lowest BCUT2D eigenvalue weighted by atomic mass is 10.1. The van der Waals surface area contributed by atoms with E-state index in [2.05, 4.69) is 25.9 Å². The van der Waals surface area contributed by atoms with Crippen LogP contribution >= 0.6 is 0 Å². The van der Waals surface area contributed by atoms with Crippen LogP contribution in [0.1, 0.15) is 48.9 Å². The molecule has 2 rings (SSSR count). The number of hydrogen-bond donors (Lipinski definition) is 1. The quantitative estimate of drug-likeness (QED) is 0.911. The molecule has 0 amide bonds. The van der Waals surface area contributed by atoms with Crippen LogP contribution in [-0.4, -0.2) is 14.9 Å². The second-order valence-electron chi connectivity index (χ2n) is 4.93. The fourth-order valence-electron chi connectivity index (χ4n) is 2.51. The number of aryl methyl sites for hydroxylation is 1. The molecular formula is C16H22N2O. The standard InChI is InChI=1S/C16H22N2O/c1-5-15-11(3)17-18(12(15)4)14-9-7-13(8-10-14)16(19)6-2/h7-10,16,19H,5-6H2,1-4H3. The maximum atomic E-state index is 9.81. The number of aliphatic hydroxyl groups is 1. The molecule has 3 nitrogen and oxygen atoms in total. The highest BCUT2D eigenvalue weighted by Crippen LogP contribution is 2.21. The average molecular weight is 258 g/mol. The summed E-state index contributed by atoms with van der Waals surface area (Å²) in [7, 11) is 0. The summed E-state index contributed by atoms with van der Waals surface area (Å²) in [6.45, 7) is 8.29. The first-order valence-electron chi connectivity index (χ1n) is 6.92. The smallest absolute Gasteiger partial charge is 0.0787 e. The van der Waals surface area contributed by atoms with E-state index in [0.717, 1.165) is 29.8 Å². The number of rotatable bonds is 4. The molecule has 1 aromatic carbocycles. The van der Waals surface area contributed by atoms with Gasteiger partial charge in [-0.2, -0.15) is 5.10 Å². The van der Waals surface area contributed by atoms with E-state index in [4.69, 9.17) is 0 Å². The molecule has 1 atom stereocenters. The zero-order chi connectivity index (χ0) is 14.0. The lowest BCUT2D eigenvalue weighted by Crippen LogP contribution is -2.01. The van der Waals surface area contributed by atoms with Gasteiger partial charge in [0.1, 0.15) is 0 Å². The summed E-state index contributed by atoms with van der Waals surface area (Å²) in [5.74, 6) is 0. The minimum atomic E-state index is -0.374. The van der Waals surface area contributed by atoms with Crippen LogP contribution in [0.15, 0.2) is 24.3 Å². The van der Waals surface area contributed by atoms with Crippen LogP contribution in [0.3, 0.4) is 0 Å². The predicted molar refractivity (Wildman–Crippen MR) is 77.7 cm³/mol. The van der Waals surface area contributed by atoms with E-state index in [9.17, 15) is 5.11 Å². The van der Waals surface area contributed by atoms with Gasteiger partial charge in [-0.15, -0.1) is 0 Å². The van der Waals surface area contributed by atoms with Gasteiger partial charge < -0.3 is 5.11 Å². The second-order valence-corrected chi connectivity index (χ2v) is 4.93. The van der Waals surface area contributed by atoms with Gasteiger partial charge in [-0.05, 0) is 49.9 Å². The summed E-state index contributed by atoms with van der Waals surface area (Å²) in [5.41, 5.74) is 5.62. The van der Waals surface area contributed by atoms with E-state index in [1.165, 1.54) is 11.3 Å². The van der Waals surface area contributed by atoms with Crippen molar-refractivity contribution in [3.8, 4) is 5.69 Å². The Bertz CT molecular complexity index is 555. The van der Waals surface area contributed by atoms with Gasteiger partial charge in [0.25, 0.3) is 0 Å². The van der Waals surface area contributed by atoms with Gasteiger partial charge >= 0.3 is 0 Å². The Morgan fingerprint density at radius 2 is 1.79 bits per heavy atom. The Hall–Kier alpha value is -1.61. The normalized spacial score (nSPS) is 12.7. The number of hydrogen-bond acceptors (Lipinski definition) is 2. The Morgan fingerprint density at radius 1 is 1.16 bits per heavy atom. The van der Waals surface area contributed by atoms with Crippen LogP contribution in [0.25, 0.3) is 5.69 Å². The first kappa shape index (κ1) is 13.8. The van der Waals surface area contributed by atoms with Gasteiger partial charge in [0.2, 0.25) is 0 Å². The zero-order valence-electron chi connectivity index (χ0n) is 12.1. The highest BCUT2D eigenvalue weighted by molar-refractivity contribution is 5.39. The third-order valence-electron chi connectivity index (χ3n) is 3.70. The fraction of sp³-hybridized carbons (Fsp3) is 0.438. The van der Waals surface area contributed by atoms with E-state index < -0.39 is 0 Å². The molecule has 19 heavy (non-hydrogen) atoms. The first-order chi connectivity index (χ1) is 9.08. The van der Waals surface area contributed by atoms with Crippen LogP contribution in [0.4, 0.5) is 0 Å². The van der Waals surface area contributed by atoms with Crippen LogP contribution in [0.5, 0.6) is 0 Å². The molecule has 1 unspecified atom stereocenters. The molecule has 1 aromatic heterocycles. The third kappa shape index (κ3) is 2.56. The Balaban J connectivity index is 2.37. The minimum Gasteiger partial charge on any atom is -0.388 e. The van der Waals surface area contributed by atoms with E-state index in [1.807, 2.05) is 35.9 Å². The molecule has 1 N–H and O–H groups in total. The molecule has 0 aliphatic carbocycles.